The molecule has 4 nitrogen and oxygen atoms in total. The molecular formula is C16H14N2O2. The quantitative estimate of drug-likeness (QED) is 0.789. The minimum atomic E-state index is 0.137. The van der Waals surface area contributed by atoms with Gasteiger partial charge in [-0.2, -0.15) is 4.98 Å². The molecule has 0 bridgehead atoms. The van der Waals surface area contributed by atoms with Crippen molar-refractivity contribution in [1.82, 2.24) is 10.1 Å². The number of aromatic nitrogens is 2. The highest BCUT2D eigenvalue weighted by Gasteiger charge is 2.12. The summed E-state index contributed by atoms with van der Waals surface area (Å²) in [6.07, 6.45) is 0.610. The maximum atomic E-state index is 9.77. The van der Waals surface area contributed by atoms with Crippen LogP contribution in [0, 0.1) is 6.92 Å². The van der Waals surface area contributed by atoms with Crippen molar-refractivity contribution in [3.63, 3.8) is 0 Å². The number of aryl methyl sites for hydroxylation is 1. The van der Waals surface area contributed by atoms with E-state index in [4.69, 9.17) is 4.52 Å². The molecule has 0 saturated carbocycles. The fourth-order valence-electron chi connectivity index (χ4n) is 2.09. The van der Waals surface area contributed by atoms with Gasteiger partial charge in [0.15, 0.2) is 5.82 Å². The molecule has 0 amide bonds. The minimum Gasteiger partial charge on any atom is -0.507 e. The molecule has 1 N–H and O–H groups in total. The van der Waals surface area contributed by atoms with E-state index in [-0.39, 0.29) is 5.75 Å². The van der Waals surface area contributed by atoms with Crippen LogP contribution in [0.25, 0.3) is 11.5 Å². The lowest BCUT2D eigenvalue weighted by molar-refractivity contribution is 0.418. The van der Waals surface area contributed by atoms with Crippen LogP contribution in [-0.2, 0) is 6.42 Å². The Bertz CT molecular complexity index is 735. The standard InChI is InChI=1S/C16H14N2O2/c1-11-5-4-6-12(9-11)10-15-17-16(20-18-15)13-7-2-3-8-14(13)19/h2-9,19H,10H2,1H3. The fourth-order valence-corrected chi connectivity index (χ4v) is 2.09. The zero-order valence-electron chi connectivity index (χ0n) is 11.1. The van der Waals surface area contributed by atoms with Crippen LogP contribution in [0.5, 0.6) is 5.75 Å². The van der Waals surface area contributed by atoms with Crippen LogP contribution in [0.3, 0.4) is 0 Å². The highest BCUT2D eigenvalue weighted by molar-refractivity contribution is 5.61. The van der Waals surface area contributed by atoms with Crippen molar-refractivity contribution < 1.29 is 9.63 Å². The topological polar surface area (TPSA) is 59.2 Å². The largest absolute Gasteiger partial charge is 0.507 e. The molecule has 0 fully saturated rings. The van der Waals surface area contributed by atoms with Crippen LogP contribution >= 0.6 is 0 Å². The first kappa shape index (κ1) is 12.4. The second kappa shape index (κ2) is 5.17. The number of hydrogen-bond acceptors (Lipinski definition) is 4. The molecule has 3 aromatic rings. The van der Waals surface area contributed by atoms with E-state index in [0.29, 0.717) is 23.7 Å². The van der Waals surface area contributed by atoms with E-state index >= 15 is 0 Å². The molecule has 4 heteroatoms. The Hall–Kier alpha value is -2.62. The highest BCUT2D eigenvalue weighted by atomic mass is 16.5. The van der Waals surface area contributed by atoms with Crippen molar-refractivity contribution in [2.75, 3.05) is 0 Å². The van der Waals surface area contributed by atoms with Crippen LogP contribution in [0.1, 0.15) is 17.0 Å². The molecule has 1 aromatic heterocycles. The normalized spacial score (nSPS) is 10.7. The lowest BCUT2D eigenvalue weighted by atomic mass is 10.1. The zero-order chi connectivity index (χ0) is 13.9. The van der Waals surface area contributed by atoms with E-state index in [1.54, 1.807) is 18.2 Å². The average Bonchev–Trinajstić information content (AvgIpc) is 2.87. The van der Waals surface area contributed by atoms with Crippen molar-refractivity contribution in [2.45, 2.75) is 13.3 Å². The average molecular weight is 266 g/mol. The van der Waals surface area contributed by atoms with E-state index in [1.807, 2.05) is 31.2 Å². The Balaban J connectivity index is 1.86. The predicted octanol–water partition coefficient (Wildman–Crippen LogP) is 3.34. The number of aromatic hydroxyl groups is 1. The van der Waals surface area contributed by atoms with E-state index in [2.05, 4.69) is 16.2 Å². The van der Waals surface area contributed by atoms with Gasteiger partial charge < -0.3 is 9.63 Å². The van der Waals surface area contributed by atoms with Crippen molar-refractivity contribution in [1.29, 1.82) is 0 Å². The Morgan fingerprint density at radius 3 is 2.75 bits per heavy atom. The van der Waals surface area contributed by atoms with E-state index in [0.717, 1.165) is 5.56 Å². The van der Waals surface area contributed by atoms with Crippen LogP contribution in [0.2, 0.25) is 0 Å². The third-order valence-corrected chi connectivity index (χ3v) is 3.05. The minimum absolute atomic E-state index is 0.137. The monoisotopic (exact) mass is 266 g/mol. The van der Waals surface area contributed by atoms with Crippen LogP contribution in [0.4, 0.5) is 0 Å². The van der Waals surface area contributed by atoms with Gasteiger partial charge in [-0.1, -0.05) is 47.1 Å². The van der Waals surface area contributed by atoms with Crippen LogP contribution in [-0.4, -0.2) is 15.2 Å². The molecule has 1 heterocycles. The summed E-state index contributed by atoms with van der Waals surface area (Å²) in [5.74, 6) is 1.08. The summed E-state index contributed by atoms with van der Waals surface area (Å²) in [6.45, 7) is 2.05. The number of rotatable bonds is 3. The first-order valence-corrected chi connectivity index (χ1v) is 6.39. The summed E-state index contributed by atoms with van der Waals surface area (Å²) < 4.78 is 5.21. The van der Waals surface area contributed by atoms with Crippen molar-refractivity contribution >= 4 is 0 Å². The van der Waals surface area contributed by atoms with Crippen LogP contribution in [0.15, 0.2) is 53.1 Å². The third-order valence-electron chi connectivity index (χ3n) is 3.05. The highest BCUT2D eigenvalue weighted by Crippen LogP contribution is 2.27. The van der Waals surface area contributed by atoms with Gasteiger partial charge in [-0.05, 0) is 24.6 Å². The Morgan fingerprint density at radius 1 is 1.10 bits per heavy atom. The summed E-state index contributed by atoms with van der Waals surface area (Å²) in [7, 11) is 0. The lowest BCUT2D eigenvalue weighted by Crippen LogP contribution is -1.91. The summed E-state index contributed by atoms with van der Waals surface area (Å²) in [5.41, 5.74) is 2.89. The smallest absolute Gasteiger partial charge is 0.261 e. The van der Waals surface area contributed by atoms with E-state index in [9.17, 15) is 5.11 Å². The number of benzene rings is 2. The second-order valence-electron chi connectivity index (χ2n) is 4.70. The summed E-state index contributed by atoms with van der Waals surface area (Å²) in [5, 5.41) is 13.7. The molecule has 0 aliphatic rings. The van der Waals surface area contributed by atoms with Gasteiger partial charge >= 0.3 is 0 Å². The maximum absolute atomic E-state index is 9.77. The molecule has 2 aromatic carbocycles. The summed E-state index contributed by atoms with van der Waals surface area (Å²) >= 11 is 0. The van der Waals surface area contributed by atoms with E-state index in [1.165, 1.54) is 5.56 Å². The number of para-hydroxylation sites is 1. The lowest BCUT2D eigenvalue weighted by Gasteiger charge is -1.98. The van der Waals surface area contributed by atoms with Crippen molar-refractivity contribution in [3.8, 4) is 17.2 Å². The number of phenols is 1. The van der Waals surface area contributed by atoms with Crippen LogP contribution < -0.4 is 0 Å². The van der Waals surface area contributed by atoms with Gasteiger partial charge in [0.1, 0.15) is 5.75 Å². The molecule has 0 aliphatic carbocycles. The van der Waals surface area contributed by atoms with Gasteiger partial charge in [0, 0.05) is 6.42 Å². The Labute approximate surface area is 116 Å². The van der Waals surface area contributed by atoms with Gasteiger partial charge in [0.05, 0.1) is 5.56 Å². The van der Waals surface area contributed by atoms with Gasteiger partial charge in [-0.15, -0.1) is 0 Å². The molecule has 0 saturated heterocycles. The van der Waals surface area contributed by atoms with Gasteiger partial charge in [0.2, 0.25) is 0 Å². The molecule has 0 atom stereocenters. The molecule has 3 rings (SSSR count). The molecule has 0 spiro atoms. The molecule has 100 valence electrons. The summed E-state index contributed by atoms with van der Waals surface area (Å²) in [4.78, 5) is 4.33. The molecule has 0 radical (unpaired) electrons. The van der Waals surface area contributed by atoms with Gasteiger partial charge in [-0.3, -0.25) is 0 Å². The SMILES string of the molecule is Cc1cccc(Cc2noc(-c3ccccc3O)n2)c1. The number of phenolic OH excluding ortho intramolecular Hbond substituents is 1. The maximum Gasteiger partial charge on any atom is 0.261 e. The first-order valence-electron chi connectivity index (χ1n) is 6.39. The predicted molar refractivity (Wildman–Crippen MR) is 75.4 cm³/mol. The summed E-state index contributed by atoms with van der Waals surface area (Å²) in [6, 6.07) is 15.1. The van der Waals surface area contributed by atoms with Crippen molar-refractivity contribution in [3.05, 3.63) is 65.5 Å². The second-order valence-corrected chi connectivity index (χ2v) is 4.70. The third kappa shape index (κ3) is 2.54. The number of nitrogens with zero attached hydrogens (tertiary/aromatic N) is 2. The molecule has 0 aliphatic heterocycles. The first-order chi connectivity index (χ1) is 9.72. The number of hydrogen-bond donors (Lipinski definition) is 1. The van der Waals surface area contributed by atoms with Crippen molar-refractivity contribution in [2.24, 2.45) is 0 Å². The molecule has 20 heavy (non-hydrogen) atoms. The zero-order valence-corrected chi connectivity index (χ0v) is 11.1. The van der Waals surface area contributed by atoms with Gasteiger partial charge in [0.25, 0.3) is 5.89 Å². The van der Waals surface area contributed by atoms with E-state index < -0.39 is 0 Å². The van der Waals surface area contributed by atoms with Gasteiger partial charge in [-0.25, -0.2) is 0 Å². The Kier molecular flexibility index (Phi) is 3.21. The fraction of sp³-hybridized carbons (Fsp3) is 0.125. The molecule has 0 unspecified atom stereocenters. The Morgan fingerprint density at radius 2 is 1.95 bits per heavy atom. The molecular weight excluding hydrogens is 252 g/mol.